The number of ether oxygens (including phenoxy) is 1. The summed E-state index contributed by atoms with van der Waals surface area (Å²) in [6.45, 7) is 6.82. The van der Waals surface area contributed by atoms with Crippen LogP contribution in [0.15, 0.2) is 12.2 Å². The minimum absolute atomic E-state index is 0. The van der Waals surface area contributed by atoms with E-state index in [1.807, 2.05) is 0 Å². The molecule has 2 amide bonds. The van der Waals surface area contributed by atoms with E-state index in [4.69, 9.17) is 9.29 Å². The summed E-state index contributed by atoms with van der Waals surface area (Å²) in [5.74, 6) is -2.80. The number of nitrogens with one attached hydrogen (secondary N) is 2. The van der Waals surface area contributed by atoms with Crippen molar-refractivity contribution in [2.24, 2.45) is 0 Å². The zero-order valence-electron chi connectivity index (χ0n) is 19.4. The SMILES string of the molecule is C=C(C)C(=O)OCCNC(=O)C(CS(=O)(=O)O)NC(=O)CCCCCCCCC.[H-].[Na+]. The number of hydrogen-bond donors (Lipinski definition) is 3. The van der Waals surface area contributed by atoms with Gasteiger partial charge in [0.15, 0.2) is 0 Å². The molecule has 1 unspecified atom stereocenters. The zero-order chi connectivity index (χ0) is 22.3. The fourth-order valence-electron chi connectivity index (χ4n) is 2.47. The topological polar surface area (TPSA) is 139 Å². The standard InChI is InChI=1S/C19H34N2O7S.Na.H/c1-4-5-6-7-8-9-10-11-17(22)21-16(14-29(25,26)27)18(23)20-12-13-28-19(24)15(2)3;;/h16H,2,4-14H2,1,3H3,(H,20,23)(H,21,22)(H,25,26,27);;/q;+1;-1. The van der Waals surface area contributed by atoms with Crippen molar-refractivity contribution in [3.8, 4) is 0 Å². The van der Waals surface area contributed by atoms with Crippen molar-refractivity contribution in [1.82, 2.24) is 10.6 Å². The minimum Gasteiger partial charge on any atom is -1.00 e. The van der Waals surface area contributed by atoms with Gasteiger partial charge >= 0.3 is 35.5 Å². The van der Waals surface area contributed by atoms with Crippen molar-refractivity contribution in [3.63, 3.8) is 0 Å². The number of hydrogen-bond acceptors (Lipinski definition) is 6. The number of unbranched alkanes of at least 4 members (excludes halogenated alkanes) is 6. The summed E-state index contributed by atoms with van der Waals surface area (Å²) in [6, 6.07) is -1.43. The fraction of sp³-hybridized carbons (Fsp3) is 0.737. The second kappa shape index (κ2) is 17.7. The smallest absolute Gasteiger partial charge is 1.00 e. The third-order valence-electron chi connectivity index (χ3n) is 4.02. The molecule has 3 N–H and O–H groups in total. The monoisotopic (exact) mass is 458 g/mol. The summed E-state index contributed by atoms with van der Waals surface area (Å²) in [7, 11) is -4.48. The van der Waals surface area contributed by atoms with E-state index in [1.165, 1.54) is 19.8 Å². The van der Waals surface area contributed by atoms with Gasteiger partial charge in [-0.2, -0.15) is 8.42 Å². The Morgan fingerprint density at radius 1 is 1.10 bits per heavy atom. The second-order valence-electron chi connectivity index (χ2n) is 6.95. The van der Waals surface area contributed by atoms with Gasteiger partial charge < -0.3 is 16.8 Å². The van der Waals surface area contributed by atoms with Crippen molar-refractivity contribution in [2.75, 3.05) is 18.9 Å². The first-order chi connectivity index (χ1) is 13.6. The third-order valence-corrected chi connectivity index (χ3v) is 4.77. The van der Waals surface area contributed by atoms with Crippen LogP contribution in [-0.4, -0.2) is 55.7 Å². The number of carbonyl (C=O) groups is 3. The Balaban J connectivity index is -0.00000392. The van der Waals surface area contributed by atoms with Crippen LogP contribution in [0.4, 0.5) is 0 Å². The quantitative estimate of drug-likeness (QED) is 0.0873. The Bertz CT molecular complexity index is 660. The average molecular weight is 459 g/mol. The van der Waals surface area contributed by atoms with E-state index in [0.29, 0.717) is 6.42 Å². The average Bonchev–Trinajstić information content (AvgIpc) is 2.62. The van der Waals surface area contributed by atoms with Crippen LogP contribution >= 0.6 is 0 Å². The molecule has 0 aliphatic carbocycles. The second-order valence-corrected chi connectivity index (χ2v) is 8.44. The zero-order valence-corrected chi connectivity index (χ0v) is 21.2. The van der Waals surface area contributed by atoms with Gasteiger partial charge in [-0.05, 0) is 13.3 Å². The van der Waals surface area contributed by atoms with Gasteiger partial charge in [-0.3, -0.25) is 14.1 Å². The fourth-order valence-corrected chi connectivity index (χ4v) is 3.12. The van der Waals surface area contributed by atoms with Gasteiger partial charge in [0.25, 0.3) is 10.1 Å². The normalized spacial score (nSPS) is 11.7. The maximum atomic E-state index is 12.2. The molecule has 0 spiro atoms. The number of carbonyl (C=O) groups excluding carboxylic acids is 3. The van der Waals surface area contributed by atoms with E-state index >= 15 is 0 Å². The summed E-state index contributed by atoms with van der Waals surface area (Å²) < 4.78 is 36.1. The molecule has 0 aliphatic heterocycles. The molecular formula is C19H35N2NaO7S. The van der Waals surface area contributed by atoms with Crippen LogP contribution in [0.1, 0.15) is 66.6 Å². The Labute approximate surface area is 203 Å². The van der Waals surface area contributed by atoms with E-state index in [9.17, 15) is 22.8 Å². The Morgan fingerprint density at radius 3 is 2.20 bits per heavy atom. The number of esters is 1. The first kappa shape index (κ1) is 31.2. The van der Waals surface area contributed by atoms with E-state index in [0.717, 1.165) is 25.7 Å². The first-order valence-corrected chi connectivity index (χ1v) is 11.5. The predicted molar refractivity (Wildman–Crippen MR) is 111 cm³/mol. The van der Waals surface area contributed by atoms with Crippen LogP contribution in [-0.2, 0) is 29.2 Å². The van der Waals surface area contributed by atoms with Gasteiger partial charge in [0.1, 0.15) is 18.4 Å². The Kier molecular flexibility index (Phi) is 18.4. The van der Waals surface area contributed by atoms with Crippen LogP contribution in [0.2, 0.25) is 0 Å². The summed E-state index contributed by atoms with van der Waals surface area (Å²) in [6.07, 6.45) is 7.33. The van der Waals surface area contributed by atoms with Gasteiger partial charge in [0.05, 0.1) is 6.54 Å². The first-order valence-electron chi connectivity index (χ1n) is 9.91. The van der Waals surface area contributed by atoms with E-state index in [2.05, 4.69) is 24.1 Å². The maximum absolute atomic E-state index is 12.2. The van der Waals surface area contributed by atoms with Gasteiger partial charge in [0, 0.05) is 12.0 Å². The Hall–Kier alpha value is -0.940. The molecule has 0 fully saturated rings. The molecule has 1 atom stereocenters. The third kappa shape index (κ3) is 17.9. The largest absolute Gasteiger partial charge is 1.00 e. The summed E-state index contributed by atoms with van der Waals surface area (Å²) in [5, 5.41) is 4.71. The van der Waals surface area contributed by atoms with E-state index < -0.39 is 39.7 Å². The molecule has 0 aromatic rings. The van der Waals surface area contributed by atoms with E-state index in [1.54, 1.807) is 0 Å². The number of rotatable bonds is 16. The molecule has 0 heterocycles. The molecule has 0 rings (SSSR count). The van der Waals surface area contributed by atoms with Crippen LogP contribution in [0.25, 0.3) is 0 Å². The van der Waals surface area contributed by atoms with Gasteiger partial charge in [-0.15, -0.1) is 0 Å². The molecule has 9 nitrogen and oxygen atoms in total. The summed E-state index contributed by atoms with van der Waals surface area (Å²) in [5.41, 5.74) is 0.207. The Morgan fingerprint density at radius 2 is 1.67 bits per heavy atom. The molecule has 0 aromatic carbocycles. The van der Waals surface area contributed by atoms with Crippen molar-refractivity contribution < 1.29 is 63.1 Å². The van der Waals surface area contributed by atoms with Gasteiger partial charge in [-0.1, -0.05) is 52.0 Å². The number of amides is 2. The summed E-state index contributed by atoms with van der Waals surface area (Å²) >= 11 is 0. The van der Waals surface area contributed by atoms with Crippen molar-refractivity contribution in [1.29, 1.82) is 0 Å². The molecule has 0 aromatic heterocycles. The van der Waals surface area contributed by atoms with Crippen LogP contribution in [0.5, 0.6) is 0 Å². The van der Waals surface area contributed by atoms with Crippen LogP contribution in [0.3, 0.4) is 0 Å². The molecule has 0 saturated heterocycles. The van der Waals surface area contributed by atoms with Crippen molar-refractivity contribution >= 4 is 27.9 Å². The summed E-state index contributed by atoms with van der Waals surface area (Å²) in [4.78, 5) is 35.4. The molecule has 0 aliphatic rings. The molecule has 11 heteroatoms. The van der Waals surface area contributed by atoms with Gasteiger partial charge in [-0.25, -0.2) is 4.79 Å². The van der Waals surface area contributed by atoms with Gasteiger partial charge in [0.2, 0.25) is 11.8 Å². The maximum Gasteiger partial charge on any atom is 1.00 e. The molecule has 0 bridgehead atoms. The van der Waals surface area contributed by atoms with Crippen molar-refractivity contribution in [2.45, 2.75) is 71.3 Å². The van der Waals surface area contributed by atoms with Crippen LogP contribution < -0.4 is 40.2 Å². The molecule has 170 valence electrons. The molecular weight excluding hydrogens is 423 g/mol. The molecule has 30 heavy (non-hydrogen) atoms. The molecule has 0 radical (unpaired) electrons. The minimum atomic E-state index is -4.48. The van der Waals surface area contributed by atoms with Crippen LogP contribution in [0, 0.1) is 0 Å². The molecule has 0 saturated carbocycles. The van der Waals surface area contributed by atoms with E-state index in [-0.39, 0.29) is 56.1 Å². The van der Waals surface area contributed by atoms with Crippen molar-refractivity contribution in [3.05, 3.63) is 12.2 Å². The predicted octanol–water partition coefficient (Wildman–Crippen LogP) is -1.15.